The van der Waals surface area contributed by atoms with Crippen LogP contribution in [0.25, 0.3) is 10.9 Å². The number of rotatable bonds is 6. The molecule has 144 valence electrons. The number of benzene rings is 1. The van der Waals surface area contributed by atoms with Crippen molar-refractivity contribution in [1.29, 1.82) is 0 Å². The minimum absolute atomic E-state index is 0.253. The molecule has 2 aromatic heterocycles. The molecule has 0 spiro atoms. The fraction of sp³-hybridized carbons (Fsp3) is 0.250. The average molecular weight is 396 g/mol. The number of para-hydroxylation sites is 1. The van der Waals surface area contributed by atoms with Gasteiger partial charge in [0.1, 0.15) is 12.6 Å². The molecule has 2 N–H and O–H groups in total. The third-order valence-corrected chi connectivity index (χ3v) is 5.76. The molecule has 1 atom stereocenters. The second kappa shape index (κ2) is 7.47. The maximum Gasteiger partial charge on any atom is 0.325 e. The van der Waals surface area contributed by atoms with E-state index in [1.807, 2.05) is 48.0 Å². The van der Waals surface area contributed by atoms with E-state index < -0.39 is 12.1 Å². The molecule has 0 saturated carbocycles. The Bertz CT molecular complexity index is 1030. The minimum atomic E-state index is -0.665. The Morgan fingerprint density at radius 3 is 2.82 bits per heavy atom. The Labute approximate surface area is 165 Å². The molecule has 8 heteroatoms. The van der Waals surface area contributed by atoms with Crippen molar-refractivity contribution in [2.24, 2.45) is 0 Å². The monoisotopic (exact) mass is 396 g/mol. The van der Waals surface area contributed by atoms with Crippen LogP contribution < -0.4 is 5.32 Å². The summed E-state index contributed by atoms with van der Waals surface area (Å²) < 4.78 is 0. The highest BCUT2D eigenvalue weighted by molar-refractivity contribution is 7.09. The zero-order chi connectivity index (χ0) is 19.7. The summed E-state index contributed by atoms with van der Waals surface area (Å²) in [4.78, 5) is 44.2. The predicted octanol–water partition coefficient (Wildman–Crippen LogP) is 2.35. The Morgan fingerprint density at radius 2 is 2.04 bits per heavy atom. The molecule has 4 rings (SSSR count). The van der Waals surface area contributed by atoms with E-state index >= 15 is 0 Å². The molecular weight excluding hydrogens is 376 g/mol. The summed E-state index contributed by atoms with van der Waals surface area (Å²) in [6.07, 6.45) is 2.23. The van der Waals surface area contributed by atoms with Gasteiger partial charge in [-0.2, -0.15) is 0 Å². The zero-order valence-corrected chi connectivity index (χ0v) is 16.2. The first-order valence-corrected chi connectivity index (χ1v) is 9.84. The number of H-pyrrole nitrogens is 1. The Balaban J connectivity index is 1.41. The number of carbonyl (C=O) groups excluding carboxylic acids is 3. The van der Waals surface area contributed by atoms with Crippen molar-refractivity contribution >= 4 is 40.1 Å². The van der Waals surface area contributed by atoms with Gasteiger partial charge in [0, 0.05) is 35.4 Å². The van der Waals surface area contributed by atoms with Gasteiger partial charge in [-0.05, 0) is 23.1 Å². The molecule has 0 bridgehead atoms. The molecule has 0 unspecified atom stereocenters. The van der Waals surface area contributed by atoms with Gasteiger partial charge in [-0.25, -0.2) is 4.79 Å². The molecule has 1 fully saturated rings. The Hall–Kier alpha value is -3.13. The molecule has 28 heavy (non-hydrogen) atoms. The number of likely N-dealkylation sites (N-methyl/N-ethyl adjacent to an activating group) is 1. The molecule has 0 aliphatic carbocycles. The van der Waals surface area contributed by atoms with Crippen LogP contribution in [0.5, 0.6) is 0 Å². The van der Waals surface area contributed by atoms with Gasteiger partial charge >= 0.3 is 6.03 Å². The SMILES string of the molecule is CN(Cc1cccs1)C(=O)CN1C(=O)N[C@H](Cc2c[nH]c3ccccc23)C1=O. The third kappa shape index (κ3) is 3.50. The van der Waals surface area contributed by atoms with Crippen molar-refractivity contribution < 1.29 is 14.4 Å². The number of aromatic nitrogens is 1. The molecule has 7 nitrogen and oxygen atoms in total. The van der Waals surface area contributed by atoms with Crippen LogP contribution in [-0.2, 0) is 22.6 Å². The van der Waals surface area contributed by atoms with Crippen molar-refractivity contribution in [3.05, 3.63) is 58.4 Å². The number of aromatic amines is 1. The number of carbonyl (C=O) groups is 3. The first kappa shape index (κ1) is 18.2. The first-order valence-electron chi connectivity index (χ1n) is 8.96. The number of hydrogen-bond donors (Lipinski definition) is 2. The van der Waals surface area contributed by atoms with Crippen LogP contribution in [0.3, 0.4) is 0 Å². The quantitative estimate of drug-likeness (QED) is 0.627. The fourth-order valence-corrected chi connectivity index (χ4v) is 4.12. The topological polar surface area (TPSA) is 85.5 Å². The van der Waals surface area contributed by atoms with Crippen LogP contribution in [-0.4, -0.2) is 52.3 Å². The number of thiophene rings is 1. The molecule has 0 radical (unpaired) electrons. The highest BCUT2D eigenvalue weighted by Crippen LogP contribution is 2.21. The highest BCUT2D eigenvalue weighted by Gasteiger charge is 2.39. The van der Waals surface area contributed by atoms with Crippen LogP contribution in [0.4, 0.5) is 4.79 Å². The van der Waals surface area contributed by atoms with Gasteiger partial charge in [0.05, 0.1) is 6.54 Å². The summed E-state index contributed by atoms with van der Waals surface area (Å²) in [6.45, 7) is 0.204. The van der Waals surface area contributed by atoms with Crippen molar-refractivity contribution in [3.63, 3.8) is 0 Å². The number of hydrogen-bond acceptors (Lipinski definition) is 4. The molecule has 3 aromatic rings. The van der Waals surface area contributed by atoms with Crippen molar-refractivity contribution in [3.8, 4) is 0 Å². The van der Waals surface area contributed by atoms with Crippen LogP contribution in [0, 0.1) is 0 Å². The third-order valence-electron chi connectivity index (χ3n) is 4.90. The smallest absolute Gasteiger partial charge is 0.325 e. The van der Waals surface area contributed by atoms with Gasteiger partial charge in [0.2, 0.25) is 5.91 Å². The maximum atomic E-state index is 12.7. The van der Waals surface area contributed by atoms with E-state index in [2.05, 4.69) is 10.3 Å². The van der Waals surface area contributed by atoms with Crippen LogP contribution in [0.1, 0.15) is 10.4 Å². The normalized spacial score (nSPS) is 16.6. The van der Waals surface area contributed by atoms with Crippen molar-refractivity contribution in [2.75, 3.05) is 13.6 Å². The van der Waals surface area contributed by atoms with Gasteiger partial charge in [0.15, 0.2) is 0 Å². The molecular formula is C20H20N4O3S. The summed E-state index contributed by atoms with van der Waals surface area (Å²) in [7, 11) is 1.67. The van der Waals surface area contributed by atoms with Crippen LogP contribution >= 0.6 is 11.3 Å². The summed E-state index contributed by atoms with van der Waals surface area (Å²) in [5.41, 5.74) is 1.94. The van der Waals surface area contributed by atoms with Gasteiger partial charge < -0.3 is 15.2 Å². The number of imide groups is 1. The number of urea groups is 1. The van der Waals surface area contributed by atoms with E-state index in [4.69, 9.17) is 0 Å². The van der Waals surface area contributed by atoms with Gasteiger partial charge in [-0.1, -0.05) is 24.3 Å². The Morgan fingerprint density at radius 1 is 1.21 bits per heavy atom. The standard InChI is InChI=1S/C20H20N4O3S/c1-23(11-14-5-4-8-28-14)18(25)12-24-19(26)17(22-20(24)27)9-13-10-21-16-7-3-2-6-15(13)16/h2-8,10,17,21H,9,11-12H2,1H3,(H,22,27)/t17-/m1/s1. The molecule has 1 aliphatic heterocycles. The lowest BCUT2D eigenvalue weighted by atomic mass is 10.1. The Kier molecular flexibility index (Phi) is 4.87. The average Bonchev–Trinajstić information content (AvgIpc) is 3.39. The zero-order valence-electron chi connectivity index (χ0n) is 15.3. The van der Waals surface area contributed by atoms with E-state index in [0.29, 0.717) is 13.0 Å². The summed E-state index contributed by atoms with van der Waals surface area (Å²) >= 11 is 1.56. The predicted molar refractivity (Wildman–Crippen MR) is 107 cm³/mol. The number of nitrogens with one attached hydrogen (secondary N) is 2. The lowest BCUT2D eigenvalue weighted by Gasteiger charge is -2.19. The largest absolute Gasteiger partial charge is 0.361 e. The van der Waals surface area contributed by atoms with E-state index in [1.165, 1.54) is 4.90 Å². The highest BCUT2D eigenvalue weighted by atomic mass is 32.1. The molecule has 3 heterocycles. The second-order valence-corrected chi connectivity index (χ2v) is 7.85. The van der Waals surface area contributed by atoms with Crippen molar-refractivity contribution in [1.82, 2.24) is 20.1 Å². The molecule has 1 aliphatic rings. The van der Waals surface area contributed by atoms with Gasteiger partial charge in [-0.3, -0.25) is 14.5 Å². The lowest BCUT2D eigenvalue weighted by molar-refractivity contribution is -0.136. The molecule has 1 saturated heterocycles. The molecule has 4 amide bonds. The summed E-state index contributed by atoms with van der Waals surface area (Å²) in [6, 6.07) is 10.5. The lowest BCUT2D eigenvalue weighted by Crippen LogP contribution is -2.41. The van der Waals surface area contributed by atoms with Crippen LogP contribution in [0.15, 0.2) is 48.0 Å². The van der Waals surface area contributed by atoms with Crippen LogP contribution in [0.2, 0.25) is 0 Å². The minimum Gasteiger partial charge on any atom is -0.361 e. The van der Waals surface area contributed by atoms with E-state index in [0.717, 1.165) is 26.2 Å². The van der Waals surface area contributed by atoms with E-state index in [1.54, 1.807) is 18.4 Å². The summed E-state index contributed by atoms with van der Waals surface area (Å²) in [5.74, 6) is -0.641. The summed E-state index contributed by atoms with van der Waals surface area (Å²) in [5, 5.41) is 5.67. The number of amides is 4. The van der Waals surface area contributed by atoms with Gasteiger partial charge in [-0.15, -0.1) is 11.3 Å². The second-order valence-electron chi connectivity index (χ2n) is 6.82. The van der Waals surface area contributed by atoms with Crippen molar-refractivity contribution in [2.45, 2.75) is 19.0 Å². The maximum absolute atomic E-state index is 12.7. The number of fused-ring (bicyclic) bond motifs is 1. The van der Waals surface area contributed by atoms with Gasteiger partial charge in [0.25, 0.3) is 5.91 Å². The first-order chi connectivity index (χ1) is 13.5. The number of nitrogens with zero attached hydrogens (tertiary/aromatic N) is 2. The molecule has 1 aromatic carbocycles. The fourth-order valence-electron chi connectivity index (χ4n) is 3.37. The van der Waals surface area contributed by atoms with E-state index in [9.17, 15) is 14.4 Å². The van der Waals surface area contributed by atoms with E-state index in [-0.39, 0.29) is 18.4 Å².